The molecule has 0 unspecified atom stereocenters. The first kappa shape index (κ1) is 15.9. The largest absolute Gasteiger partial charge is 0.296 e. The van der Waals surface area contributed by atoms with Crippen LogP contribution in [0.25, 0.3) is 16.2 Å². The van der Waals surface area contributed by atoms with Crippen molar-refractivity contribution in [2.45, 2.75) is 13.8 Å². The molecule has 3 aromatic rings. The van der Waals surface area contributed by atoms with Gasteiger partial charge in [-0.3, -0.25) is 19.3 Å². The minimum absolute atomic E-state index is 0.0653. The van der Waals surface area contributed by atoms with Crippen LogP contribution in [0.2, 0.25) is 10.0 Å². The third-order valence-electron chi connectivity index (χ3n) is 3.57. The number of aryl methyl sites for hydroxylation is 2. The molecule has 118 valence electrons. The van der Waals surface area contributed by atoms with Gasteiger partial charge in [-0.25, -0.2) is 4.98 Å². The van der Waals surface area contributed by atoms with Gasteiger partial charge in [-0.1, -0.05) is 23.2 Å². The van der Waals surface area contributed by atoms with Crippen LogP contribution in [-0.4, -0.2) is 20.6 Å². The Labute approximate surface area is 144 Å². The average Bonchev–Trinajstić information content (AvgIpc) is 2.96. The maximum atomic E-state index is 11.6. The highest BCUT2D eigenvalue weighted by atomic mass is 35.5. The van der Waals surface area contributed by atoms with E-state index >= 15 is 0 Å². The zero-order chi connectivity index (χ0) is 16.9. The van der Waals surface area contributed by atoms with Gasteiger partial charge >= 0.3 is 0 Å². The summed E-state index contributed by atoms with van der Waals surface area (Å²) in [6.07, 6.45) is 0.672. The van der Waals surface area contributed by atoms with Gasteiger partial charge in [-0.2, -0.15) is 0 Å². The van der Waals surface area contributed by atoms with Crippen LogP contribution in [0.1, 0.15) is 21.1 Å². The number of fused-ring (bicyclic) bond motifs is 1. The van der Waals surface area contributed by atoms with E-state index in [1.807, 2.05) is 13.8 Å². The molecule has 0 aliphatic carbocycles. The number of aromatic nitrogens is 2. The second-order valence-corrected chi connectivity index (χ2v) is 6.86. The van der Waals surface area contributed by atoms with Crippen molar-refractivity contribution in [3.63, 3.8) is 0 Å². The highest BCUT2D eigenvalue weighted by Gasteiger charge is 2.23. The summed E-state index contributed by atoms with van der Waals surface area (Å²) in [6, 6.07) is 2.53. The Morgan fingerprint density at radius 1 is 1.30 bits per heavy atom. The Kier molecular flexibility index (Phi) is 3.87. The molecule has 0 fully saturated rings. The Hall–Kier alpha value is -1.96. The normalized spacial score (nSPS) is 11.1. The lowest BCUT2D eigenvalue weighted by Crippen LogP contribution is -1.96. The van der Waals surface area contributed by atoms with Gasteiger partial charge in [0.05, 0.1) is 9.95 Å². The van der Waals surface area contributed by atoms with Crippen molar-refractivity contribution in [1.82, 2.24) is 9.38 Å². The second-order valence-electron chi connectivity index (χ2n) is 4.87. The number of thiazole rings is 1. The topological polar surface area (TPSA) is 77.5 Å². The minimum atomic E-state index is -0.601. The van der Waals surface area contributed by atoms with E-state index < -0.39 is 4.92 Å². The van der Waals surface area contributed by atoms with Gasteiger partial charge in [0, 0.05) is 22.2 Å². The number of hydrogen-bond acceptors (Lipinski definition) is 5. The highest BCUT2D eigenvalue weighted by Crippen LogP contribution is 2.38. The molecule has 1 aromatic carbocycles. The molecule has 0 amide bonds. The monoisotopic (exact) mass is 369 g/mol. The van der Waals surface area contributed by atoms with Crippen LogP contribution in [0.15, 0.2) is 12.1 Å². The molecule has 0 atom stereocenters. The number of benzene rings is 1. The third-order valence-corrected chi connectivity index (χ3v) is 5.24. The molecule has 0 saturated carbocycles. The van der Waals surface area contributed by atoms with E-state index in [4.69, 9.17) is 23.2 Å². The van der Waals surface area contributed by atoms with Gasteiger partial charge in [0.1, 0.15) is 16.4 Å². The first-order valence-corrected chi connectivity index (χ1v) is 7.99. The van der Waals surface area contributed by atoms with Crippen LogP contribution in [0.3, 0.4) is 0 Å². The smallest absolute Gasteiger partial charge is 0.288 e. The number of hydrogen-bond donors (Lipinski definition) is 0. The molecule has 2 aromatic heterocycles. The maximum absolute atomic E-state index is 11.6. The lowest BCUT2D eigenvalue weighted by Gasteiger charge is -2.04. The minimum Gasteiger partial charge on any atom is -0.296 e. The highest BCUT2D eigenvalue weighted by molar-refractivity contribution is 7.17. The number of nitro benzene ring substituents is 1. The molecule has 0 bridgehead atoms. The van der Waals surface area contributed by atoms with Gasteiger partial charge in [-0.15, -0.1) is 11.3 Å². The molecule has 9 heteroatoms. The van der Waals surface area contributed by atoms with Crippen molar-refractivity contribution in [3.05, 3.63) is 48.6 Å². The van der Waals surface area contributed by atoms with Crippen molar-refractivity contribution in [1.29, 1.82) is 0 Å². The van der Waals surface area contributed by atoms with Crippen LogP contribution in [-0.2, 0) is 0 Å². The number of nitrogens with zero attached hydrogens (tertiary/aromatic N) is 3. The molecule has 2 heterocycles. The number of halogens is 2. The molecule has 23 heavy (non-hydrogen) atoms. The number of carbonyl (C=O) groups is 1. The summed E-state index contributed by atoms with van der Waals surface area (Å²) >= 11 is 13.4. The van der Waals surface area contributed by atoms with Crippen LogP contribution in [0.4, 0.5) is 5.69 Å². The van der Waals surface area contributed by atoms with E-state index in [0.29, 0.717) is 28.2 Å². The number of aldehydes is 1. The second kappa shape index (κ2) is 5.59. The van der Waals surface area contributed by atoms with E-state index in [9.17, 15) is 14.9 Å². The molecule has 0 saturated heterocycles. The summed E-state index contributed by atoms with van der Waals surface area (Å²) in [5.41, 5.74) is 1.52. The zero-order valence-corrected chi connectivity index (χ0v) is 14.3. The number of nitro groups is 1. The SMILES string of the molecule is Cc1sc2nc(-c3cc([N+](=O)[O-])c(Cl)cc3Cl)c(C=O)n2c1C. The van der Waals surface area contributed by atoms with Gasteiger partial charge in [0.2, 0.25) is 0 Å². The molecule has 0 N–H and O–H groups in total. The van der Waals surface area contributed by atoms with Gasteiger partial charge in [-0.05, 0) is 19.9 Å². The molecule has 0 aliphatic heterocycles. The maximum Gasteiger partial charge on any atom is 0.288 e. The van der Waals surface area contributed by atoms with Crippen LogP contribution in [0, 0.1) is 24.0 Å². The summed E-state index contributed by atoms with van der Waals surface area (Å²) in [5, 5.41) is 11.2. The van der Waals surface area contributed by atoms with E-state index in [2.05, 4.69) is 4.98 Å². The van der Waals surface area contributed by atoms with Crippen molar-refractivity contribution in [2.75, 3.05) is 0 Å². The number of imidazole rings is 1. The van der Waals surface area contributed by atoms with Gasteiger partial charge in [0.25, 0.3) is 5.69 Å². The average molecular weight is 370 g/mol. The summed E-state index contributed by atoms with van der Waals surface area (Å²) in [4.78, 5) is 28.1. The fraction of sp³-hybridized carbons (Fsp3) is 0.143. The molecular weight excluding hydrogens is 361 g/mol. The first-order valence-electron chi connectivity index (χ1n) is 6.42. The summed E-state index contributed by atoms with van der Waals surface area (Å²) in [5.74, 6) is 0. The predicted molar refractivity (Wildman–Crippen MR) is 90.0 cm³/mol. The van der Waals surface area contributed by atoms with Gasteiger partial charge in [0.15, 0.2) is 11.2 Å². The quantitative estimate of drug-likeness (QED) is 0.380. The standard InChI is InChI=1S/C14H9Cl2N3O3S/c1-6-7(2)23-14-17-13(12(5-20)18(6)14)8-3-11(19(21)22)10(16)4-9(8)15/h3-5H,1-2H3. The lowest BCUT2D eigenvalue weighted by atomic mass is 10.1. The Morgan fingerprint density at radius 3 is 2.61 bits per heavy atom. The van der Waals surface area contributed by atoms with Crippen molar-refractivity contribution >= 4 is 51.5 Å². The van der Waals surface area contributed by atoms with Gasteiger partial charge < -0.3 is 0 Å². The molecule has 3 rings (SSSR count). The molecule has 0 aliphatic rings. The lowest BCUT2D eigenvalue weighted by molar-refractivity contribution is -0.384. The molecule has 6 nitrogen and oxygen atoms in total. The van der Waals surface area contributed by atoms with Crippen molar-refractivity contribution in [3.8, 4) is 11.3 Å². The Morgan fingerprint density at radius 2 is 2.00 bits per heavy atom. The van der Waals surface area contributed by atoms with Crippen LogP contribution >= 0.6 is 34.5 Å². The van der Waals surface area contributed by atoms with Crippen LogP contribution < -0.4 is 0 Å². The predicted octanol–water partition coefficient (Wildman–Crippen LogP) is 4.71. The fourth-order valence-electron chi connectivity index (χ4n) is 2.34. The van der Waals surface area contributed by atoms with Crippen molar-refractivity contribution in [2.24, 2.45) is 0 Å². The molecule has 0 radical (unpaired) electrons. The first-order chi connectivity index (χ1) is 10.8. The molecule has 0 spiro atoms. The Bertz CT molecular complexity index is 978. The third kappa shape index (κ3) is 2.41. The Balaban J connectivity index is 2.35. The summed E-state index contributed by atoms with van der Waals surface area (Å²) in [7, 11) is 0. The van der Waals surface area contributed by atoms with Crippen molar-refractivity contribution < 1.29 is 9.72 Å². The van der Waals surface area contributed by atoms with E-state index in [0.717, 1.165) is 10.6 Å². The summed E-state index contributed by atoms with van der Waals surface area (Å²) in [6.45, 7) is 3.81. The van der Waals surface area contributed by atoms with Crippen LogP contribution in [0.5, 0.6) is 0 Å². The van der Waals surface area contributed by atoms with E-state index in [-0.39, 0.29) is 15.7 Å². The molecular formula is C14H9Cl2N3O3S. The number of rotatable bonds is 3. The summed E-state index contributed by atoms with van der Waals surface area (Å²) < 4.78 is 1.72. The zero-order valence-electron chi connectivity index (χ0n) is 12.0. The van der Waals surface area contributed by atoms with E-state index in [1.165, 1.54) is 23.5 Å². The number of carbonyl (C=O) groups excluding carboxylic acids is 1. The van der Waals surface area contributed by atoms with E-state index in [1.54, 1.807) is 4.40 Å². The fourth-order valence-corrected chi connectivity index (χ4v) is 3.86.